The van der Waals surface area contributed by atoms with Crippen LogP contribution in [0.2, 0.25) is 0 Å². The van der Waals surface area contributed by atoms with Crippen LogP contribution in [0, 0.1) is 0 Å². The third kappa shape index (κ3) is 1.89. The molecule has 0 saturated heterocycles. The van der Waals surface area contributed by atoms with Gasteiger partial charge in [0.15, 0.2) is 0 Å². The van der Waals surface area contributed by atoms with Crippen LogP contribution in [-0.4, -0.2) is 25.4 Å². The van der Waals surface area contributed by atoms with Gasteiger partial charge in [0.1, 0.15) is 6.54 Å². The largest absolute Gasteiger partial charge is 0.480 e. The second-order valence-electron chi connectivity index (χ2n) is 3.27. The smallest absolute Gasteiger partial charge is 0.323 e. The lowest BCUT2D eigenvalue weighted by Crippen LogP contribution is -2.19. The molecule has 0 aliphatic heterocycles. The van der Waals surface area contributed by atoms with Crippen molar-refractivity contribution in [1.82, 2.24) is 14.3 Å². The lowest BCUT2D eigenvalue weighted by molar-refractivity contribution is -0.137. The van der Waals surface area contributed by atoms with Crippen LogP contribution in [0.15, 0.2) is 22.6 Å². The number of aromatic nitrogens is 3. The zero-order valence-corrected chi connectivity index (χ0v) is 9.27. The van der Waals surface area contributed by atoms with Crippen molar-refractivity contribution in [1.29, 1.82) is 0 Å². The van der Waals surface area contributed by atoms with Gasteiger partial charge in [-0.2, -0.15) is 5.10 Å². The van der Waals surface area contributed by atoms with Crippen molar-refractivity contribution in [2.45, 2.75) is 6.54 Å². The number of carboxylic acids is 1. The fourth-order valence-corrected chi connectivity index (χ4v) is 2.16. The van der Waals surface area contributed by atoms with E-state index in [0.717, 1.165) is 16.9 Å². The first kappa shape index (κ1) is 10.6. The van der Waals surface area contributed by atoms with Crippen LogP contribution in [0.1, 0.15) is 0 Å². The van der Waals surface area contributed by atoms with Crippen molar-refractivity contribution in [3.05, 3.63) is 27.4 Å². The maximum Gasteiger partial charge on any atom is 0.323 e. The zero-order valence-electron chi connectivity index (χ0n) is 8.45. The van der Waals surface area contributed by atoms with Gasteiger partial charge in [-0.25, -0.2) is 0 Å². The molecule has 2 rings (SSSR count). The molecular weight excluding hydrogens is 230 g/mol. The predicted octanol–water partition coefficient (Wildman–Crippen LogP) is 0.395. The first-order valence-electron chi connectivity index (χ1n) is 4.47. The minimum absolute atomic E-state index is 0.277. The molecule has 2 heterocycles. The van der Waals surface area contributed by atoms with Crippen molar-refractivity contribution < 1.29 is 9.90 Å². The van der Waals surface area contributed by atoms with Crippen molar-refractivity contribution in [2.24, 2.45) is 7.05 Å². The van der Waals surface area contributed by atoms with E-state index < -0.39 is 5.97 Å². The fraction of sp³-hybridized carbons (Fsp3) is 0.222. The Kier molecular flexibility index (Phi) is 2.61. The first-order valence-corrected chi connectivity index (χ1v) is 5.35. The summed E-state index contributed by atoms with van der Waals surface area (Å²) in [4.78, 5) is 21.8. The highest BCUT2D eigenvalue weighted by Gasteiger charge is 2.12. The summed E-state index contributed by atoms with van der Waals surface area (Å²) in [7, 11) is 1.76. The van der Waals surface area contributed by atoms with E-state index in [-0.39, 0.29) is 11.4 Å². The number of hydrogen-bond acceptors (Lipinski definition) is 4. The summed E-state index contributed by atoms with van der Waals surface area (Å²) in [6.45, 7) is -0.327. The molecule has 0 saturated carbocycles. The van der Waals surface area contributed by atoms with Crippen LogP contribution >= 0.6 is 11.3 Å². The molecule has 0 unspecified atom stereocenters. The lowest BCUT2D eigenvalue weighted by atomic mass is 10.3. The van der Waals surface area contributed by atoms with Crippen LogP contribution in [0.4, 0.5) is 0 Å². The van der Waals surface area contributed by atoms with Crippen molar-refractivity contribution in [3.8, 4) is 11.3 Å². The Hall–Kier alpha value is -1.89. The summed E-state index contributed by atoms with van der Waals surface area (Å²) in [6.07, 6.45) is 3.33. The minimum atomic E-state index is -1.04. The molecule has 16 heavy (non-hydrogen) atoms. The Morgan fingerprint density at radius 3 is 2.94 bits per heavy atom. The van der Waals surface area contributed by atoms with Gasteiger partial charge in [-0.15, -0.1) is 0 Å². The Bertz CT molecular complexity index is 581. The van der Waals surface area contributed by atoms with E-state index in [4.69, 9.17) is 5.11 Å². The number of aliphatic carboxylic acids is 1. The van der Waals surface area contributed by atoms with Gasteiger partial charge >= 0.3 is 10.8 Å². The van der Waals surface area contributed by atoms with Crippen LogP contribution in [0.25, 0.3) is 11.3 Å². The van der Waals surface area contributed by atoms with E-state index in [9.17, 15) is 9.59 Å². The molecular formula is C9H9N3O3S. The van der Waals surface area contributed by atoms with Crippen LogP contribution in [-0.2, 0) is 18.4 Å². The highest BCUT2D eigenvalue weighted by atomic mass is 32.1. The molecule has 0 spiro atoms. The molecule has 0 aromatic carbocycles. The van der Waals surface area contributed by atoms with Gasteiger partial charge in [-0.1, -0.05) is 11.3 Å². The number of thiazole rings is 1. The van der Waals surface area contributed by atoms with E-state index in [0.29, 0.717) is 5.69 Å². The highest BCUT2D eigenvalue weighted by molar-refractivity contribution is 7.07. The molecule has 84 valence electrons. The van der Waals surface area contributed by atoms with E-state index in [1.165, 1.54) is 4.57 Å². The van der Waals surface area contributed by atoms with Gasteiger partial charge in [0.05, 0.1) is 11.9 Å². The summed E-state index contributed by atoms with van der Waals surface area (Å²) in [5, 5.41) is 14.3. The standard InChI is InChI=1S/C9H9N3O3S/c1-11-3-6(2-10-11)7-5-16-9(15)12(7)4-8(13)14/h2-3,5H,4H2,1H3,(H,13,14). The second kappa shape index (κ2) is 3.93. The Balaban J connectivity index is 2.49. The monoisotopic (exact) mass is 239 g/mol. The normalized spacial score (nSPS) is 10.6. The molecule has 0 radical (unpaired) electrons. The number of nitrogens with zero attached hydrogens (tertiary/aromatic N) is 3. The summed E-state index contributed by atoms with van der Waals surface area (Å²) < 4.78 is 2.83. The molecule has 7 heteroatoms. The van der Waals surface area contributed by atoms with Gasteiger partial charge in [0.25, 0.3) is 0 Å². The SMILES string of the molecule is Cn1cc(-c2csc(=O)n2CC(=O)O)cn1. The van der Waals surface area contributed by atoms with Crippen molar-refractivity contribution >= 4 is 17.3 Å². The van der Waals surface area contributed by atoms with Gasteiger partial charge < -0.3 is 5.11 Å². The van der Waals surface area contributed by atoms with Crippen LogP contribution in [0.5, 0.6) is 0 Å². The lowest BCUT2D eigenvalue weighted by Gasteiger charge is -2.01. The van der Waals surface area contributed by atoms with Crippen molar-refractivity contribution in [3.63, 3.8) is 0 Å². The number of carbonyl (C=O) groups is 1. The van der Waals surface area contributed by atoms with Crippen molar-refractivity contribution in [2.75, 3.05) is 0 Å². The molecule has 2 aromatic heterocycles. The first-order chi connectivity index (χ1) is 7.58. The quantitative estimate of drug-likeness (QED) is 0.840. The van der Waals surface area contributed by atoms with E-state index in [1.54, 1.807) is 29.5 Å². The molecule has 0 bridgehead atoms. The maximum absolute atomic E-state index is 11.4. The Morgan fingerprint density at radius 2 is 2.38 bits per heavy atom. The minimum Gasteiger partial charge on any atom is -0.480 e. The van der Waals surface area contributed by atoms with Gasteiger partial charge in [0, 0.05) is 24.2 Å². The average molecular weight is 239 g/mol. The molecule has 0 fully saturated rings. The second-order valence-corrected chi connectivity index (χ2v) is 4.09. The Morgan fingerprint density at radius 1 is 1.62 bits per heavy atom. The fourth-order valence-electron chi connectivity index (χ4n) is 1.39. The zero-order chi connectivity index (χ0) is 11.7. The number of carboxylic acid groups (broad SMARTS) is 1. The van der Waals surface area contributed by atoms with Crippen LogP contribution in [0.3, 0.4) is 0 Å². The topological polar surface area (TPSA) is 77.1 Å². The predicted molar refractivity (Wildman–Crippen MR) is 58.4 cm³/mol. The average Bonchev–Trinajstić information content (AvgIpc) is 2.75. The third-order valence-corrected chi connectivity index (χ3v) is 2.84. The summed E-state index contributed by atoms with van der Waals surface area (Å²) >= 11 is 0.984. The highest BCUT2D eigenvalue weighted by Crippen LogP contribution is 2.18. The summed E-state index contributed by atoms with van der Waals surface area (Å²) in [6, 6.07) is 0. The molecule has 0 atom stereocenters. The molecule has 1 N–H and O–H groups in total. The van der Waals surface area contributed by atoms with Crippen LogP contribution < -0.4 is 4.87 Å². The van der Waals surface area contributed by atoms with Gasteiger partial charge in [-0.05, 0) is 0 Å². The molecule has 2 aromatic rings. The van der Waals surface area contributed by atoms with E-state index in [2.05, 4.69) is 5.10 Å². The maximum atomic E-state index is 11.4. The third-order valence-electron chi connectivity index (χ3n) is 2.08. The molecule has 6 nitrogen and oxygen atoms in total. The molecule has 0 aliphatic rings. The summed E-state index contributed by atoms with van der Waals surface area (Å²) in [5.41, 5.74) is 1.33. The van der Waals surface area contributed by atoms with E-state index in [1.807, 2.05) is 0 Å². The van der Waals surface area contributed by atoms with Gasteiger partial charge in [-0.3, -0.25) is 18.8 Å². The van der Waals surface area contributed by atoms with Gasteiger partial charge in [0.2, 0.25) is 0 Å². The molecule has 0 amide bonds. The number of rotatable bonds is 3. The van der Waals surface area contributed by atoms with E-state index >= 15 is 0 Å². The molecule has 0 aliphatic carbocycles. The number of aryl methyl sites for hydroxylation is 1. The Labute approximate surface area is 94.4 Å². The summed E-state index contributed by atoms with van der Waals surface area (Å²) in [5.74, 6) is -1.04. The number of hydrogen-bond donors (Lipinski definition) is 1.